The first-order valence-electron chi connectivity index (χ1n) is 8.53. The van der Waals surface area contributed by atoms with Crippen LogP contribution in [0.2, 0.25) is 0 Å². The number of aryl methyl sites for hydroxylation is 1. The normalized spacial score (nSPS) is 10.9. The van der Waals surface area contributed by atoms with Gasteiger partial charge in [0.25, 0.3) is 0 Å². The maximum absolute atomic E-state index is 6.17. The van der Waals surface area contributed by atoms with Gasteiger partial charge in [0, 0.05) is 22.8 Å². The highest BCUT2D eigenvalue weighted by molar-refractivity contribution is 9.10. The van der Waals surface area contributed by atoms with Crippen LogP contribution < -0.4 is 11.1 Å². The molecule has 0 radical (unpaired) electrons. The third-order valence-electron chi connectivity index (χ3n) is 4.56. The fourth-order valence-electron chi connectivity index (χ4n) is 3.22. The number of fused-ring (bicyclic) bond motifs is 1. The van der Waals surface area contributed by atoms with Crippen molar-refractivity contribution in [3.8, 4) is 22.4 Å². The van der Waals surface area contributed by atoms with E-state index >= 15 is 0 Å². The molecular weight excluding hydrogens is 402 g/mol. The van der Waals surface area contributed by atoms with Gasteiger partial charge >= 0.3 is 0 Å². The summed E-state index contributed by atoms with van der Waals surface area (Å²) in [6.45, 7) is 2.08. The van der Waals surface area contributed by atoms with Crippen LogP contribution in [0.3, 0.4) is 0 Å². The molecule has 2 aromatic carbocycles. The number of halogens is 1. The second kappa shape index (κ2) is 6.96. The highest BCUT2D eigenvalue weighted by Gasteiger charge is 2.14. The Morgan fingerprint density at radius 2 is 1.85 bits per heavy atom. The lowest BCUT2D eigenvalue weighted by molar-refractivity contribution is 1.19. The molecule has 0 aliphatic rings. The van der Waals surface area contributed by atoms with Crippen LogP contribution in [0.5, 0.6) is 0 Å². The summed E-state index contributed by atoms with van der Waals surface area (Å²) in [6.07, 6.45) is 1.45. The van der Waals surface area contributed by atoms with Gasteiger partial charge in [-0.3, -0.25) is 0 Å². The van der Waals surface area contributed by atoms with Crippen molar-refractivity contribution in [1.29, 1.82) is 0 Å². The maximum Gasteiger partial charge on any atom is 0.165 e. The molecule has 134 valence electrons. The van der Waals surface area contributed by atoms with Gasteiger partial charge in [0.05, 0.1) is 11.1 Å². The van der Waals surface area contributed by atoms with Crippen molar-refractivity contribution in [2.45, 2.75) is 6.92 Å². The molecule has 6 heteroatoms. The van der Waals surface area contributed by atoms with Crippen molar-refractivity contribution in [3.05, 3.63) is 64.9 Å². The monoisotopic (exact) mass is 419 g/mol. The molecule has 0 atom stereocenters. The Morgan fingerprint density at radius 3 is 2.59 bits per heavy atom. The van der Waals surface area contributed by atoms with E-state index < -0.39 is 0 Å². The Labute approximate surface area is 165 Å². The molecular formula is C21H18BrN5. The van der Waals surface area contributed by atoms with E-state index in [1.165, 1.54) is 6.33 Å². The molecule has 4 rings (SSSR count). The number of hydrogen-bond donors (Lipinski definition) is 2. The van der Waals surface area contributed by atoms with Gasteiger partial charge in [-0.15, -0.1) is 0 Å². The number of aromatic nitrogens is 3. The molecule has 0 saturated heterocycles. The summed E-state index contributed by atoms with van der Waals surface area (Å²) in [5.41, 5.74) is 12.9. The molecule has 0 aliphatic carbocycles. The molecule has 0 saturated carbocycles. The minimum Gasteiger partial charge on any atom is -0.388 e. The van der Waals surface area contributed by atoms with E-state index in [0.29, 0.717) is 11.5 Å². The van der Waals surface area contributed by atoms with Gasteiger partial charge < -0.3 is 11.1 Å². The number of nitrogens with two attached hydrogens (primary N) is 1. The fourth-order valence-corrected chi connectivity index (χ4v) is 3.62. The van der Waals surface area contributed by atoms with E-state index in [1.54, 1.807) is 0 Å². The summed E-state index contributed by atoms with van der Waals surface area (Å²) in [5.74, 6) is 0.427. The number of nitrogen functional groups attached to an aromatic ring is 1. The predicted molar refractivity (Wildman–Crippen MR) is 115 cm³/mol. The predicted octanol–water partition coefficient (Wildman–Crippen LogP) is 5.05. The highest BCUT2D eigenvalue weighted by atomic mass is 79.9. The van der Waals surface area contributed by atoms with Crippen LogP contribution >= 0.6 is 15.9 Å². The number of anilines is 2. The molecule has 2 aromatic heterocycles. The quantitative estimate of drug-likeness (QED) is 0.485. The molecule has 4 aromatic rings. The molecule has 0 fully saturated rings. The molecule has 2 heterocycles. The third-order valence-corrected chi connectivity index (χ3v) is 5.05. The lowest BCUT2D eigenvalue weighted by atomic mass is 9.99. The number of rotatable bonds is 3. The van der Waals surface area contributed by atoms with Gasteiger partial charge in [0.2, 0.25) is 0 Å². The zero-order chi connectivity index (χ0) is 19.0. The van der Waals surface area contributed by atoms with Crippen molar-refractivity contribution in [3.63, 3.8) is 0 Å². The minimum absolute atomic E-state index is 0.427. The van der Waals surface area contributed by atoms with Gasteiger partial charge in [-0.05, 0) is 53.9 Å². The van der Waals surface area contributed by atoms with Gasteiger partial charge in [0.1, 0.15) is 12.1 Å². The molecule has 0 spiro atoms. The largest absolute Gasteiger partial charge is 0.388 e. The van der Waals surface area contributed by atoms with E-state index in [-0.39, 0.29) is 0 Å². The zero-order valence-electron chi connectivity index (χ0n) is 15.0. The second-order valence-corrected chi connectivity index (χ2v) is 7.22. The van der Waals surface area contributed by atoms with E-state index in [4.69, 9.17) is 10.7 Å². The summed E-state index contributed by atoms with van der Waals surface area (Å²) in [5, 5.41) is 3.96. The topological polar surface area (TPSA) is 76.7 Å². The van der Waals surface area contributed by atoms with Gasteiger partial charge in [-0.25, -0.2) is 15.0 Å². The van der Waals surface area contributed by atoms with Crippen molar-refractivity contribution < 1.29 is 0 Å². The van der Waals surface area contributed by atoms with Crippen molar-refractivity contribution in [2.24, 2.45) is 0 Å². The average molecular weight is 420 g/mol. The Kier molecular flexibility index (Phi) is 4.49. The number of nitrogens with one attached hydrogen (secondary N) is 1. The molecule has 27 heavy (non-hydrogen) atoms. The lowest BCUT2D eigenvalue weighted by Gasteiger charge is -2.12. The van der Waals surface area contributed by atoms with Crippen LogP contribution in [0.4, 0.5) is 11.5 Å². The first-order valence-corrected chi connectivity index (χ1v) is 9.32. The fraction of sp³-hybridized carbons (Fsp3) is 0.0952. The van der Waals surface area contributed by atoms with E-state index in [0.717, 1.165) is 43.5 Å². The average Bonchev–Trinajstić information content (AvgIpc) is 2.67. The standard InChI is InChI=1S/C21H18BrN5/c1-12-8-14(6-7-17(12)24-2)18-10-16(13-4-3-5-15(22)9-13)19-20(23)25-11-26-21(19)27-18/h3-11,24H,1-2H3,(H2,23,25,26,27). The Morgan fingerprint density at radius 1 is 1.00 bits per heavy atom. The van der Waals surface area contributed by atoms with Crippen molar-refractivity contribution >= 4 is 38.5 Å². The Hall–Kier alpha value is -2.99. The van der Waals surface area contributed by atoms with Crippen LogP contribution in [0.15, 0.2) is 59.3 Å². The zero-order valence-corrected chi connectivity index (χ0v) is 16.6. The van der Waals surface area contributed by atoms with Gasteiger partial charge in [-0.1, -0.05) is 34.1 Å². The molecule has 0 unspecified atom stereocenters. The number of hydrogen-bond acceptors (Lipinski definition) is 5. The number of pyridine rings is 1. The number of nitrogens with zero attached hydrogens (tertiary/aromatic N) is 3. The second-order valence-electron chi connectivity index (χ2n) is 6.30. The SMILES string of the molecule is CNc1ccc(-c2cc(-c3cccc(Br)c3)c3c(N)ncnc3n2)cc1C. The first-order chi connectivity index (χ1) is 13.1. The van der Waals surface area contributed by atoms with Crippen LogP contribution in [-0.2, 0) is 0 Å². The summed E-state index contributed by atoms with van der Waals surface area (Å²) >= 11 is 3.55. The van der Waals surface area contributed by atoms with Crippen LogP contribution in [0.25, 0.3) is 33.4 Å². The minimum atomic E-state index is 0.427. The van der Waals surface area contributed by atoms with Crippen LogP contribution in [-0.4, -0.2) is 22.0 Å². The number of benzene rings is 2. The molecule has 0 bridgehead atoms. The van der Waals surface area contributed by atoms with E-state index in [9.17, 15) is 0 Å². The van der Waals surface area contributed by atoms with Gasteiger partial charge in [-0.2, -0.15) is 0 Å². The van der Waals surface area contributed by atoms with Gasteiger partial charge in [0.15, 0.2) is 5.65 Å². The maximum atomic E-state index is 6.17. The summed E-state index contributed by atoms with van der Waals surface area (Å²) < 4.78 is 0.996. The first kappa shape index (κ1) is 17.4. The highest BCUT2D eigenvalue weighted by Crippen LogP contribution is 2.35. The van der Waals surface area contributed by atoms with Crippen molar-refractivity contribution in [1.82, 2.24) is 15.0 Å². The summed E-state index contributed by atoms with van der Waals surface area (Å²) in [6, 6.07) is 16.4. The Bertz CT molecular complexity index is 1160. The van der Waals surface area contributed by atoms with Crippen LogP contribution in [0, 0.1) is 6.92 Å². The smallest absolute Gasteiger partial charge is 0.165 e. The molecule has 5 nitrogen and oxygen atoms in total. The summed E-state index contributed by atoms with van der Waals surface area (Å²) in [7, 11) is 1.92. The Balaban J connectivity index is 2.00. The third kappa shape index (κ3) is 3.24. The lowest BCUT2D eigenvalue weighted by Crippen LogP contribution is -1.99. The summed E-state index contributed by atoms with van der Waals surface area (Å²) in [4.78, 5) is 13.3. The molecule has 0 aliphatic heterocycles. The molecule has 3 N–H and O–H groups in total. The van der Waals surface area contributed by atoms with Crippen molar-refractivity contribution in [2.75, 3.05) is 18.1 Å². The molecule has 0 amide bonds. The van der Waals surface area contributed by atoms with E-state index in [1.807, 2.05) is 25.2 Å². The van der Waals surface area contributed by atoms with Crippen LogP contribution in [0.1, 0.15) is 5.56 Å². The van der Waals surface area contributed by atoms with E-state index in [2.05, 4.69) is 68.5 Å².